The highest BCUT2D eigenvalue weighted by atomic mass is 79.9. The number of thiazole rings is 1. The summed E-state index contributed by atoms with van der Waals surface area (Å²) in [6.07, 6.45) is 0. The minimum absolute atomic E-state index is 0.0881. The van der Waals surface area contributed by atoms with Gasteiger partial charge < -0.3 is 0 Å². The fraction of sp³-hybridized carbons (Fsp3) is 0.200. The van der Waals surface area contributed by atoms with Crippen LogP contribution >= 0.6 is 39.0 Å². The van der Waals surface area contributed by atoms with E-state index in [4.69, 9.17) is 4.98 Å². The highest BCUT2D eigenvalue weighted by Crippen LogP contribution is 2.39. The SMILES string of the molecule is CC(C)(C)c1nc(Sc2nnnn2-c2ccc(S(=O)(=O)Nc3ccccc3)cc2)sc1Br. The molecule has 0 unspecified atom stereocenters. The van der Waals surface area contributed by atoms with Crippen LogP contribution in [0.2, 0.25) is 0 Å². The molecule has 2 aromatic heterocycles. The lowest BCUT2D eigenvalue weighted by atomic mass is 9.93. The Bertz CT molecular complexity index is 1330. The van der Waals surface area contributed by atoms with Crippen molar-refractivity contribution < 1.29 is 8.42 Å². The van der Waals surface area contributed by atoms with Crippen molar-refractivity contribution in [3.63, 3.8) is 0 Å². The van der Waals surface area contributed by atoms with Gasteiger partial charge in [-0.1, -0.05) is 50.3 Å². The summed E-state index contributed by atoms with van der Waals surface area (Å²) in [6.45, 7) is 6.31. The number of sulfonamides is 1. The second-order valence-corrected chi connectivity index (χ2v) is 13.0. The van der Waals surface area contributed by atoms with Gasteiger partial charge in [-0.3, -0.25) is 4.72 Å². The molecule has 0 fully saturated rings. The summed E-state index contributed by atoms with van der Waals surface area (Å²) in [6, 6.07) is 15.1. The summed E-state index contributed by atoms with van der Waals surface area (Å²) >= 11 is 6.47. The molecule has 0 aliphatic carbocycles. The van der Waals surface area contributed by atoms with Crippen LogP contribution in [0.3, 0.4) is 0 Å². The lowest BCUT2D eigenvalue weighted by Gasteiger charge is -2.15. The van der Waals surface area contributed by atoms with Gasteiger partial charge in [0.2, 0.25) is 5.16 Å². The fourth-order valence-electron chi connectivity index (χ4n) is 2.76. The summed E-state index contributed by atoms with van der Waals surface area (Å²) in [7, 11) is -3.70. The molecule has 0 amide bonds. The van der Waals surface area contributed by atoms with Crippen molar-refractivity contribution in [2.75, 3.05) is 4.72 Å². The summed E-state index contributed by atoms with van der Waals surface area (Å²) in [5.74, 6) is 0. The number of nitrogens with zero attached hydrogens (tertiary/aromatic N) is 5. The highest BCUT2D eigenvalue weighted by molar-refractivity contribution is 9.11. The van der Waals surface area contributed by atoms with Crippen LogP contribution in [0.1, 0.15) is 26.5 Å². The first kappa shape index (κ1) is 22.9. The van der Waals surface area contributed by atoms with Gasteiger partial charge >= 0.3 is 0 Å². The van der Waals surface area contributed by atoms with E-state index in [1.165, 1.54) is 35.2 Å². The molecule has 32 heavy (non-hydrogen) atoms. The molecule has 2 heterocycles. The van der Waals surface area contributed by atoms with Crippen LogP contribution in [0, 0.1) is 0 Å². The molecule has 4 rings (SSSR count). The van der Waals surface area contributed by atoms with Crippen LogP contribution in [0.5, 0.6) is 0 Å². The first-order valence-electron chi connectivity index (χ1n) is 9.45. The number of anilines is 1. The highest BCUT2D eigenvalue weighted by Gasteiger charge is 2.23. The minimum Gasteiger partial charge on any atom is -0.280 e. The molecule has 2 aromatic carbocycles. The second-order valence-electron chi connectivity index (χ2n) is 7.79. The molecular formula is C20H19BrN6O2S3. The van der Waals surface area contributed by atoms with Gasteiger partial charge in [0.15, 0.2) is 4.34 Å². The summed E-state index contributed by atoms with van der Waals surface area (Å²) in [4.78, 5) is 4.86. The topological polar surface area (TPSA) is 103 Å². The average Bonchev–Trinajstić information content (AvgIpc) is 3.35. The maximum Gasteiger partial charge on any atom is 0.261 e. The number of halogens is 1. The Kier molecular flexibility index (Phi) is 6.39. The standard InChI is InChI=1S/C20H19BrN6O2S3/c1-20(2,3)16-17(21)30-19(22-16)31-18-23-25-26-27(18)14-9-11-15(12-10-14)32(28,29)24-13-7-5-4-6-8-13/h4-12,24H,1-3H3. The van der Waals surface area contributed by atoms with Gasteiger partial charge in [-0.05, 0) is 74.5 Å². The van der Waals surface area contributed by atoms with E-state index in [0.717, 1.165) is 13.8 Å². The Labute approximate surface area is 202 Å². The third-order valence-electron chi connectivity index (χ3n) is 4.31. The summed E-state index contributed by atoms with van der Waals surface area (Å²) in [5.41, 5.74) is 2.03. The van der Waals surface area contributed by atoms with Crippen molar-refractivity contribution in [2.45, 2.75) is 40.6 Å². The Morgan fingerprint density at radius 1 is 1.06 bits per heavy atom. The number of tetrazole rings is 1. The second kappa shape index (κ2) is 8.93. The summed E-state index contributed by atoms with van der Waals surface area (Å²) < 4.78 is 31.2. The molecule has 0 aliphatic heterocycles. The van der Waals surface area contributed by atoms with E-state index in [0.29, 0.717) is 16.5 Å². The minimum atomic E-state index is -3.70. The predicted molar refractivity (Wildman–Crippen MR) is 129 cm³/mol. The van der Waals surface area contributed by atoms with Gasteiger partial charge in [0.05, 0.1) is 20.1 Å². The maximum absolute atomic E-state index is 12.6. The number of para-hydroxylation sites is 1. The van der Waals surface area contributed by atoms with Gasteiger partial charge in [-0.25, -0.2) is 13.4 Å². The molecule has 0 atom stereocenters. The molecule has 0 spiro atoms. The molecule has 12 heteroatoms. The van der Waals surface area contributed by atoms with E-state index in [1.807, 2.05) is 6.07 Å². The zero-order valence-electron chi connectivity index (χ0n) is 17.4. The van der Waals surface area contributed by atoms with E-state index in [2.05, 4.69) is 56.9 Å². The lowest BCUT2D eigenvalue weighted by Crippen LogP contribution is -2.13. The molecule has 1 N–H and O–H groups in total. The molecule has 8 nitrogen and oxygen atoms in total. The van der Waals surface area contributed by atoms with E-state index in [9.17, 15) is 8.42 Å². The number of hydrogen-bond donors (Lipinski definition) is 1. The molecule has 0 saturated carbocycles. The predicted octanol–water partition coefficient (Wildman–Crippen LogP) is 5.13. The van der Waals surface area contributed by atoms with Crippen molar-refractivity contribution in [1.82, 2.24) is 25.2 Å². The quantitative estimate of drug-likeness (QED) is 0.354. The average molecular weight is 552 g/mol. The molecule has 0 aliphatic rings. The van der Waals surface area contributed by atoms with Crippen LogP contribution in [-0.4, -0.2) is 33.6 Å². The normalized spacial score (nSPS) is 12.1. The molecule has 4 aromatic rings. The zero-order valence-corrected chi connectivity index (χ0v) is 21.4. The van der Waals surface area contributed by atoms with Crippen molar-refractivity contribution in [3.8, 4) is 5.69 Å². The number of rotatable bonds is 6. The van der Waals surface area contributed by atoms with Crippen LogP contribution in [0.4, 0.5) is 5.69 Å². The van der Waals surface area contributed by atoms with E-state index in [-0.39, 0.29) is 10.3 Å². The number of hydrogen-bond acceptors (Lipinski definition) is 8. The molecule has 0 saturated heterocycles. The first-order valence-corrected chi connectivity index (χ1v) is 13.4. The van der Waals surface area contributed by atoms with Crippen LogP contribution < -0.4 is 4.72 Å². The largest absolute Gasteiger partial charge is 0.280 e. The van der Waals surface area contributed by atoms with Crippen molar-refractivity contribution in [1.29, 1.82) is 0 Å². The third kappa shape index (κ3) is 5.03. The molecule has 0 bridgehead atoms. The Morgan fingerprint density at radius 3 is 2.38 bits per heavy atom. The van der Waals surface area contributed by atoms with Crippen LogP contribution in [0.25, 0.3) is 5.69 Å². The van der Waals surface area contributed by atoms with Gasteiger partial charge in [0.25, 0.3) is 10.0 Å². The van der Waals surface area contributed by atoms with Gasteiger partial charge in [0, 0.05) is 11.1 Å². The maximum atomic E-state index is 12.6. The van der Waals surface area contributed by atoms with Gasteiger partial charge in [-0.2, -0.15) is 4.68 Å². The number of benzene rings is 2. The summed E-state index contributed by atoms with van der Waals surface area (Å²) in [5, 5.41) is 12.5. The van der Waals surface area contributed by atoms with Crippen molar-refractivity contribution in [2.24, 2.45) is 0 Å². The van der Waals surface area contributed by atoms with Crippen LogP contribution in [0.15, 0.2) is 72.8 Å². The smallest absolute Gasteiger partial charge is 0.261 e. The Morgan fingerprint density at radius 2 is 1.75 bits per heavy atom. The Hall–Kier alpha value is -2.28. The van der Waals surface area contributed by atoms with Gasteiger partial charge in [0.1, 0.15) is 0 Å². The third-order valence-corrected chi connectivity index (χ3v) is 8.41. The first-order chi connectivity index (χ1) is 15.1. The zero-order chi connectivity index (χ0) is 22.9. The molecular weight excluding hydrogens is 532 g/mol. The van der Waals surface area contributed by atoms with Crippen LogP contribution in [-0.2, 0) is 15.4 Å². The number of aromatic nitrogens is 5. The van der Waals surface area contributed by atoms with Crippen molar-refractivity contribution >= 4 is 54.7 Å². The molecule has 166 valence electrons. The van der Waals surface area contributed by atoms with E-state index in [1.54, 1.807) is 41.1 Å². The fourth-order valence-corrected chi connectivity index (χ4v) is 7.26. The molecule has 0 radical (unpaired) electrons. The Balaban J connectivity index is 1.56. The monoisotopic (exact) mass is 550 g/mol. The number of nitrogens with one attached hydrogen (secondary N) is 1. The van der Waals surface area contributed by atoms with E-state index < -0.39 is 10.0 Å². The van der Waals surface area contributed by atoms with Gasteiger partial charge in [-0.15, -0.1) is 5.10 Å². The van der Waals surface area contributed by atoms with Crippen molar-refractivity contribution in [3.05, 3.63) is 64.1 Å². The van der Waals surface area contributed by atoms with E-state index >= 15 is 0 Å². The lowest BCUT2D eigenvalue weighted by molar-refractivity contribution is 0.566.